The van der Waals surface area contributed by atoms with E-state index < -0.39 is 0 Å². The number of hydrogen-bond acceptors (Lipinski definition) is 5. The van der Waals surface area contributed by atoms with Crippen LogP contribution in [0.3, 0.4) is 0 Å². The zero-order valence-electron chi connectivity index (χ0n) is 16.1. The van der Waals surface area contributed by atoms with Crippen LogP contribution in [0.5, 0.6) is 11.5 Å². The number of ether oxygens (including phenoxy) is 2. The SMILES string of the molecule is C#CCn1nc(CNC(=O)COc2ccc(OCC)cc2)c2ccccc2c1=O. The minimum Gasteiger partial charge on any atom is -0.494 e. The summed E-state index contributed by atoms with van der Waals surface area (Å²) in [7, 11) is 0. The van der Waals surface area contributed by atoms with Crippen molar-refractivity contribution in [2.24, 2.45) is 0 Å². The first-order chi connectivity index (χ1) is 14.1. The molecule has 7 heteroatoms. The highest BCUT2D eigenvalue weighted by Crippen LogP contribution is 2.17. The molecule has 29 heavy (non-hydrogen) atoms. The zero-order chi connectivity index (χ0) is 20.6. The molecule has 0 aliphatic heterocycles. The lowest BCUT2D eigenvalue weighted by Gasteiger charge is -2.11. The molecular weight excluding hydrogens is 370 g/mol. The van der Waals surface area contributed by atoms with Gasteiger partial charge in [-0.05, 0) is 37.3 Å². The van der Waals surface area contributed by atoms with Gasteiger partial charge in [0.05, 0.1) is 24.2 Å². The van der Waals surface area contributed by atoms with Gasteiger partial charge in [0.1, 0.15) is 18.0 Å². The Balaban J connectivity index is 1.65. The van der Waals surface area contributed by atoms with Crippen molar-refractivity contribution >= 4 is 16.7 Å². The monoisotopic (exact) mass is 391 g/mol. The molecule has 7 nitrogen and oxygen atoms in total. The molecule has 0 saturated carbocycles. The number of benzene rings is 2. The molecule has 1 amide bonds. The second-order valence-corrected chi connectivity index (χ2v) is 6.13. The van der Waals surface area contributed by atoms with Gasteiger partial charge in [-0.1, -0.05) is 24.1 Å². The average Bonchev–Trinajstić information content (AvgIpc) is 2.75. The number of fused-ring (bicyclic) bond motifs is 1. The predicted octanol–water partition coefficient (Wildman–Crippen LogP) is 2.12. The summed E-state index contributed by atoms with van der Waals surface area (Å²) in [5.74, 6) is 3.41. The van der Waals surface area contributed by atoms with Crippen molar-refractivity contribution < 1.29 is 14.3 Å². The highest BCUT2D eigenvalue weighted by atomic mass is 16.5. The third-order valence-electron chi connectivity index (χ3n) is 4.14. The van der Waals surface area contributed by atoms with E-state index in [4.69, 9.17) is 15.9 Å². The van der Waals surface area contributed by atoms with Gasteiger partial charge in [0.25, 0.3) is 11.5 Å². The fourth-order valence-electron chi connectivity index (χ4n) is 2.81. The van der Waals surface area contributed by atoms with Crippen LogP contribution in [0.25, 0.3) is 10.8 Å². The smallest absolute Gasteiger partial charge is 0.275 e. The molecule has 0 spiro atoms. The van der Waals surface area contributed by atoms with E-state index in [0.29, 0.717) is 28.8 Å². The molecule has 0 bridgehead atoms. The van der Waals surface area contributed by atoms with E-state index in [-0.39, 0.29) is 31.2 Å². The second kappa shape index (κ2) is 9.42. The average molecular weight is 391 g/mol. The number of amides is 1. The fraction of sp³-hybridized carbons (Fsp3) is 0.227. The number of nitrogens with zero attached hydrogens (tertiary/aromatic N) is 2. The quantitative estimate of drug-likeness (QED) is 0.595. The Morgan fingerprint density at radius 2 is 1.76 bits per heavy atom. The lowest BCUT2D eigenvalue weighted by molar-refractivity contribution is -0.123. The molecule has 0 aliphatic rings. The number of carbonyl (C=O) groups is 1. The van der Waals surface area contributed by atoms with Gasteiger partial charge in [-0.25, -0.2) is 4.68 Å². The van der Waals surface area contributed by atoms with Crippen LogP contribution in [-0.4, -0.2) is 28.9 Å². The van der Waals surface area contributed by atoms with Gasteiger partial charge in [-0.15, -0.1) is 6.42 Å². The van der Waals surface area contributed by atoms with Crippen LogP contribution in [0.2, 0.25) is 0 Å². The zero-order valence-corrected chi connectivity index (χ0v) is 16.1. The lowest BCUT2D eigenvalue weighted by atomic mass is 10.1. The number of hydrogen-bond donors (Lipinski definition) is 1. The first kappa shape index (κ1) is 20.0. The first-order valence-corrected chi connectivity index (χ1v) is 9.17. The summed E-state index contributed by atoms with van der Waals surface area (Å²) in [5, 5.41) is 8.25. The van der Waals surface area contributed by atoms with Crippen LogP contribution in [0.4, 0.5) is 0 Å². The van der Waals surface area contributed by atoms with Crippen molar-refractivity contribution in [1.82, 2.24) is 15.1 Å². The molecule has 0 aliphatic carbocycles. The van der Waals surface area contributed by atoms with Crippen LogP contribution >= 0.6 is 0 Å². The summed E-state index contributed by atoms with van der Waals surface area (Å²) in [4.78, 5) is 24.6. The summed E-state index contributed by atoms with van der Waals surface area (Å²) >= 11 is 0. The van der Waals surface area contributed by atoms with E-state index in [9.17, 15) is 9.59 Å². The molecule has 0 atom stereocenters. The third kappa shape index (κ3) is 4.93. The standard InChI is InChI=1S/C22H21N3O4/c1-3-13-25-22(27)19-8-6-5-7-18(19)20(24-25)14-23-21(26)15-29-17-11-9-16(10-12-17)28-4-2/h1,5-12H,4,13-15H2,2H3,(H,23,26). The van der Waals surface area contributed by atoms with Gasteiger partial charge >= 0.3 is 0 Å². The Morgan fingerprint density at radius 1 is 1.10 bits per heavy atom. The highest BCUT2D eigenvalue weighted by molar-refractivity contribution is 5.84. The molecule has 0 unspecified atom stereocenters. The molecule has 1 N–H and O–H groups in total. The van der Waals surface area contributed by atoms with Crippen molar-refractivity contribution in [3.05, 3.63) is 64.6 Å². The van der Waals surface area contributed by atoms with E-state index >= 15 is 0 Å². The molecule has 3 aromatic rings. The molecule has 148 valence electrons. The van der Waals surface area contributed by atoms with Crippen LogP contribution < -0.4 is 20.3 Å². The van der Waals surface area contributed by atoms with Gasteiger partial charge in [0.15, 0.2) is 6.61 Å². The Kier molecular flexibility index (Phi) is 6.48. The maximum absolute atomic E-state index is 12.4. The molecule has 1 aromatic heterocycles. The molecular formula is C22H21N3O4. The van der Waals surface area contributed by atoms with Gasteiger partial charge in [-0.2, -0.15) is 5.10 Å². The van der Waals surface area contributed by atoms with Gasteiger partial charge in [0.2, 0.25) is 0 Å². The van der Waals surface area contributed by atoms with Crippen molar-refractivity contribution in [1.29, 1.82) is 0 Å². The summed E-state index contributed by atoms with van der Waals surface area (Å²) in [6.07, 6.45) is 5.32. The molecule has 0 fully saturated rings. The summed E-state index contributed by atoms with van der Waals surface area (Å²) in [6, 6.07) is 14.1. The summed E-state index contributed by atoms with van der Waals surface area (Å²) in [5.41, 5.74) is 0.303. The van der Waals surface area contributed by atoms with Crippen molar-refractivity contribution in [3.8, 4) is 23.8 Å². The molecule has 0 radical (unpaired) electrons. The van der Waals surface area contributed by atoms with Crippen molar-refractivity contribution in [3.63, 3.8) is 0 Å². The number of nitrogens with one attached hydrogen (secondary N) is 1. The predicted molar refractivity (Wildman–Crippen MR) is 110 cm³/mol. The minimum absolute atomic E-state index is 0.0610. The van der Waals surface area contributed by atoms with Gasteiger partial charge in [0, 0.05) is 5.39 Å². The number of aromatic nitrogens is 2. The highest BCUT2D eigenvalue weighted by Gasteiger charge is 2.11. The Labute approximate surface area is 168 Å². The molecule has 3 rings (SSSR count). The first-order valence-electron chi connectivity index (χ1n) is 9.17. The summed E-state index contributed by atoms with van der Waals surface area (Å²) < 4.78 is 12.1. The van der Waals surface area contributed by atoms with Gasteiger partial charge < -0.3 is 14.8 Å². The Hall–Kier alpha value is -3.79. The van der Waals surface area contributed by atoms with Crippen molar-refractivity contribution in [2.75, 3.05) is 13.2 Å². The van der Waals surface area contributed by atoms with Crippen LogP contribution in [0, 0.1) is 12.3 Å². The Morgan fingerprint density at radius 3 is 2.41 bits per heavy atom. The van der Waals surface area contributed by atoms with Crippen LogP contribution in [0.15, 0.2) is 53.3 Å². The van der Waals surface area contributed by atoms with Crippen molar-refractivity contribution in [2.45, 2.75) is 20.0 Å². The molecule has 2 aromatic carbocycles. The maximum atomic E-state index is 12.4. The minimum atomic E-state index is -0.306. The Bertz CT molecular complexity index is 1100. The normalized spacial score (nSPS) is 10.3. The van der Waals surface area contributed by atoms with E-state index in [0.717, 1.165) is 5.75 Å². The number of rotatable bonds is 8. The maximum Gasteiger partial charge on any atom is 0.275 e. The molecule has 0 saturated heterocycles. The number of carbonyl (C=O) groups excluding carboxylic acids is 1. The van der Waals surface area contributed by atoms with E-state index in [1.807, 2.05) is 13.0 Å². The lowest BCUT2D eigenvalue weighted by Crippen LogP contribution is -2.31. The number of terminal acetylenes is 1. The van der Waals surface area contributed by atoms with E-state index in [2.05, 4.69) is 16.3 Å². The van der Waals surface area contributed by atoms with Gasteiger partial charge in [-0.3, -0.25) is 9.59 Å². The van der Waals surface area contributed by atoms with Crippen LogP contribution in [0.1, 0.15) is 12.6 Å². The van der Waals surface area contributed by atoms with Crippen LogP contribution in [-0.2, 0) is 17.9 Å². The fourth-order valence-corrected chi connectivity index (χ4v) is 2.81. The van der Waals surface area contributed by atoms with E-state index in [1.54, 1.807) is 42.5 Å². The topological polar surface area (TPSA) is 82.5 Å². The molecule has 1 heterocycles. The summed E-state index contributed by atoms with van der Waals surface area (Å²) in [6.45, 7) is 2.56. The largest absolute Gasteiger partial charge is 0.494 e. The van der Waals surface area contributed by atoms with E-state index in [1.165, 1.54) is 4.68 Å². The second-order valence-electron chi connectivity index (χ2n) is 6.13. The third-order valence-corrected chi connectivity index (χ3v) is 4.14.